The van der Waals surface area contributed by atoms with E-state index in [9.17, 15) is 0 Å². The van der Waals surface area contributed by atoms with E-state index in [4.69, 9.17) is 10.5 Å². The molecule has 1 aromatic rings. The quantitative estimate of drug-likeness (QED) is 0.868. The summed E-state index contributed by atoms with van der Waals surface area (Å²) in [5.74, 6) is 0.493. The van der Waals surface area contributed by atoms with Gasteiger partial charge in [-0.2, -0.15) is 5.10 Å². The molecule has 2 heterocycles. The first-order valence-electron chi connectivity index (χ1n) is 6.54. The molecule has 0 bridgehead atoms. The summed E-state index contributed by atoms with van der Waals surface area (Å²) in [6.07, 6.45) is 5.21. The lowest BCUT2D eigenvalue weighted by Gasteiger charge is -2.27. The lowest BCUT2D eigenvalue weighted by atomic mass is 9.91. The molecule has 2 unspecified atom stereocenters. The Morgan fingerprint density at radius 3 is 3.00 bits per heavy atom. The zero-order valence-corrected chi connectivity index (χ0v) is 10.8. The summed E-state index contributed by atoms with van der Waals surface area (Å²) in [5.41, 5.74) is 7.33. The minimum absolute atomic E-state index is 0.172. The van der Waals surface area contributed by atoms with Crippen molar-refractivity contribution in [1.82, 2.24) is 9.78 Å². The highest BCUT2D eigenvalue weighted by Gasteiger charge is 2.22. The number of nitrogens with two attached hydrogens (primary N) is 1. The number of rotatable bonds is 4. The monoisotopic (exact) mass is 237 g/mol. The average molecular weight is 237 g/mol. The summed E-state index contributed by atoms with van der Waals surface area (Å²) < 4.78 is 7.46. The molecule has 1 aliphatic rings. The van der Waals surface area contributed by atoms with Crippen LogP contribution in [0.1, 0.15) is 38.4 Å². The topological polar surface area (TPSA) is 53.1 Å². The number of hydrogen-bond donors (Lipinski definition) is 1. The van der Waals surface area contributed by atoms with E-state index in [1.165, 1.54) is 6.42 Å². The van der Waals surface area contributed by atoms with Crippen molar-refractivity contribution >= 4 is 0 Å². The third-order valence-corrected chi connectivity index (χ3v) is 3.44. The zero-order chi connectivity index (χ0) is 12.3. The zero-order valence-electron chi connectivity index (χ0n) is 10.8. The van der Waals surface area contributed by atoms with Gasteiger partial charge in [-0.05, 0) is 38.7 Å². The molecule has 0 saturated carbocycles. The van der Waals surface area contributed by atoms with Gasteiger partial charge in [-0.3, -0.25) is 4.68 Å². The molecule has 1 aliphatic heterocycles. The van der Waals surface area contributed by atoms with Crippen LogP contribution in [0.3, 0.4) is 0 Å². The number of aromatic nitrogens is 2. The molecule has 2 rings (SSSR count). The SMILES string of the molecule is CC(C)n1ccc(CC(N)C2CCCOC2)n1. The van der Waals surface area contributed by atoms with Crippen molar-refractivity contribution in [2.24, 2.45) is 11.7 Å². The molecule has 2 N–H and O–H groups in total. The molecule has 4 heteroatoms. The van der Waals surface area contributed by atoms with Crippen LogP contribution in [0.2, 0.25) is 0 Å². The Bertz CT molecular complexity index is 342. The minimum Gasteiger partial charge on any atom is -0.381 e. The van der Waals surface area contributed by atoms with E-state index in [2.05, 4.69) is 25.0 Å². The molecule has 2 atom stereocenters. The van der Waals surface area contributed by atoms with E-state index in [1.54, 1.807) is 0 Å². The first-order valence-corrected chi connectivity index (χ1v) is 6.54. The maximum atomic E-state index is 6.24. The largest absolute Gasteiger partial charge is 0.381 e. The van der Waals surface area contributed by atoms with Gasteiger partial charge in [-0.15, -0.1) is 0 Å². The fraction of sp³-hybridized carbons (Fsp3) is 0.769. The van der Waals surface area contributed by atoms with Gasteiger partial charge in [0.15, 0.2) is 0 Å². The number of ether oxygens (including phenoxy) is 1. The Labute approximate surface area is 103 Å². The van der Waals surface area contributed by atoms with E-state index < -0.39 is 0 Å². The van der Waals surface area contributed by atoms with Crippen LogP contribution >= 0.6 is 0 Å². The first-order chi connectivity index (χ1) is 8.16. The van der Waals surface area contributed by atoms with Gasteiger partial charge in [0, 0.05) is 31.3 Å². The van der Waals surface area contributed by atoms with Gasteiger partial charge in [0.05, 0.1) is 12.3 Å². The molecule has 1 aromatic heterocycles. The standard InChI is InChI=1S/C13H23N3O/c1-10(2)16-6-5-12(15-16)8-13(14)11-4-3-7-17-9-11/h5-6,10-11,13H,3-4,7-9,14H2,1-2H3. The summed E-state index contributed by atoms with van der Waals surface area (Å²) >= 11 is 0. The second kappa shape index (κ2) is 5.65. The second-order valence-electron chi connectivity index (χ2n) is 5.23. The molecule has 1 saturated heterocycles. The molecule has 0 radical (unpaired) electrons. The van der Waals surface area contributed by atoms with Crippen LogP contribution in [-0.2, 0) is 11.2 Å². The minimum atomic E-state index is 0.172. The molecule has 0 amide bonds. The van der Waals surface area contributed by atoms with Gasteiger partial charge >= 0.3 is 0 Å². The van der Waals surface area contributed by atoms with Crippen LogP contribution in [-0.4, -0.2) is 29.0 Å². The molecule has 0 spiro atoms. The summed E-state index contributed by atoms with van der Waals surface area (Å²) in [4.78, 5) is 0. The van der Waals surface area contributed by atoms with Gasteiger partial charge < -0.3 is 10.5 Å². The summed E-state index contributed by atoms with van der Waals surface area (Å²) in [7, 11) is 0. The van der Waals surface area contributed by atoms with Crippen LogP contribution in [0.15, 0.2) is 12.3 Å². The third-order valence-electron chi connectivity index (χ3n) is 3.44. The molecule has 17 heavy (non-hydrogen) atoms. The smallest absolute Gasteiger partial charge is 0.0640 e. The maximum Gasteiger partial charge on any atom is 0.0640 e. The number of nitrogens with zero attached hydrogens (tertiary/aromatic N) is 2. The van der Waals surface area contributed by atoms with E-state index in [1.807, 2.05) is 10.9 Å². The van der Waals surface area contributed by atoms with Crippen LogP contribution in [0.4, 0.5) is 0 Å². The molecule has 0 aromatic carbocycles. The first kappa shape index (κ1) is 12.6. The van der Waals surface area contributed by atoms with Gasteiger partial charge in [-0.25, -0.2) is 0 Å². The van der Waals surface area contributed by atoms with Crippen molar-refractivity contribution in [3.63, 3.8) is 0 Å². The van der Waals surface area contributed by atoms with E-state index in [-0.39, 0.29) is 6.04 Å². The van der Waals surface area contributed by atoms with Crippen molar-refractivity contribution in [3.05, 3.63) is 18.0 Å². The predicted molar refractivity (Wildman–Crippen MR) is 67.8 cm³/mol. The van der Waals surface area contributed by atoms with Gasteiger partial charge in [0.2, 0.25) is 0 Å². The summed E-state index contributed by atoms with van der Waals surface area (Å²) in [5, 5.41) is 4.54. The molecular formula is C13H23N3O. The highest BCUT2D eigenvalue weighted by molar-refractivity contribution is 5.02. The van der Waals surface area contributed by atoms with Crippen LogP contribution in [0.5, 0.6) is 0 Å². The normalized spacial score (nSPS) is 22.9. The lowest BCUT2D eigenvalue weighted by Crippen LogP contribution is -2.37. The van der Waals surface area contributed by atoms with Crippen molar-refractivity contribution in [2.45, 2.75) is 45.2 Å². The van der Waals surface area contributed by atoms with Crippen LogP contribution < -0.4 is 5.73 Å². The molecule has 0 aliphatic carbocycles. The van der Waals surface area contributed by atoms with Crippen molar-refractivity contribution in [1.29, 1.82) is 0 Å². The lowest BCUT2D eigenvalue weighted by molar-refractivity contribution is 0.0448. The molecule has 4 nitrogen and oxygen atoms in total. The second-order valence-corrected chi connectivity index (χ2v) is 5.23. The molecular weight excluding hydrogens is 214 g/mol. The van der Waals surface area contributed by atoms with Crippen LogP contribution in [0.25, 0.3) is 0 Å². The summed E-state index contributed by atoms with van der Waals surface area (Å²) in [6.45, 7) is 5.97. The Morgan fingerprint density at radius 1 is 1.59 bits per heavy atom. The fourth-order valence-electron chi connectivity index (χ4n) is 2.29. The van der Waals surface area contributed by atoms with Crippen molar-refractivity contribution in [2.75, 3.05) is 13.2 Å². The average Bonchev–Trinajstić information content (AvgIpc) is 2.79. The van der Waals surface area contributed by atoms with Crippen LogP contribution in [0, 0.1) is 5.92 Å². The number of hydrogen-bond acceptors (Lipinski definition) is 3. The maximum absolute atomic E-state index is 6.24. The van der Waals surface area contributed by atoms with Gasteiger partial charge in [-0.1, -0.05) is 0 Å². The van der Waals surface area contributed by atoms with Crippen molar-refractivity contribution in [3.8, 4) is 0 Å². The van der Waals surface area contributed by atoms with E-state index >= 15 is 0 Å². The summed E-state index contributed by atoms with van der Waals surface area (Å²) in [6, 6.07) is 2.66. The Morgan fingerprint density at radius 2 is 2.41 bits per heavy atom. The molecule has 1 fully saturated rings. The third kappa shape index (κ3) is 3.30. The van der Waals surface area contributed by atoms with Crippen molar-refractivity contribution < 1.29 is 4.74 Å². The predicted octanol–water partition coefficient (Wildman–Crippen LogP) is 1.76. The highest BCUT2D eigenvalue weighted by atomic mass is 16.5. The highest BCUT2D eigenvalue weighted by Crippen LogP contribution is 2.18. The fourth-order valence-corrected chi connectivity index (χ4v) is 2.29. The Hall–Kier alpha value is -0.870. The van der Waals surface area contributed by atoms with E-state index in [0.717, 1.165) is 31.7 Å². The van der Waals surface area contributed by atoms with Gasteiger partial charge in [0.25, 0.3) is 0 Å². The Balaban J connectivity index is 1.90. The van der Waals surface area contributed by atoms with E-state index in [0.29, 0.717) is 12.0 Å². The molecule has 96 valence electrons. The van der Waals surface area contributed by atoms with Gasteiger partial charge in [0.1, 0.15) is 0 Å². The Kier molecular flexibility index (Phi) is 4.18.